The average molecular weight is 383 g/mol. The lowest BCUT2D eigenvalue weighted by molar-refractivity contribution is -0.143. The molecule has 0 saturated carbocycles. The van der Waals surface area contributed by atoms with Crippen LogP contribution >= 0.6 is 11.6 Å². The van der Waals surface area contributed by atoms with Crippen LogP contribution in [0.15, 0.2) is 53.4 Å². The van der Waals surface area contributed by atoms with E-state index in [1.54, 1.807) is 36.4 Å². The second-order valence-corrected chi connectivity index (χ2v) is 7.95. The van der Waals surface area contributed by atoms with Crippen LogP contribution < -0.4 is 4.74 Å². The Balaban J connectivity index is 1.72. The third kappa shape index (κ3) is 6.40. The molecule has 0 unspecified atom stereocenters. The van der Waals surface area contributed by atoms with E-state index in [1.807, 2.05) is 6.92 Å². The minimum Gasteiger partial charge on any atom is -0.490 e. The highest BCUT2D eigenvalue weighted by Gasteiger charge is 2.16. The van der Waals surface area contributed by atoms with Crippen molar-refractivity contribution in [3.8, 4) is 5.75 Å². The van der Waals surface area contributed by atoms with Gasteiger partial charge in [0.15, 0.2) is 9.84 Å². The Morgan fingerprint density at radius 2 is 1.80 bits per heavy atom. The van der Waals surface area contributed by atoms with E-state index in [4.69, 9.17) is 21.1 Å². The first-order chi connectivity index (χ1) is 11.9. The third-order valence-electron chi connectivity index (χ3n) is 3.37. The van der Waals surface area contributed by atoms with E-state index in [2.05, 4.69) is 0 Å². The fourth-order valence-corrected chi connectivity index (χ4v) is 3.43. The lowest BCUT2D eigenvalue weighted by atomic mass is 10.2. The van der Waals surface area contributed by atoms with Crippen LogP contribution in [0, 0.1) is 6.92 Å². The fraction of sp³-hybridized carbons (Fsp3) is 0.278. The number of benzene rings is 2. The highest BCUT2D eigenvalue weighted by atomic mass is 35.5. The van der Waals surface area contributed by atoms with Crippen molar-refractivity contribution in [1.29, 1.82) is 0 Å². The second kappa shape index (κ2) is 8.87. The molecule has 0 radical (unpaired) electrons. The van der Waals surface area contributed by atoms with Crippen LogP contribution in [0.3, 0.4) is 0 Å². The number of carbonyl (C=O) groups excluding carboxylic acids is 1. The molecule has 2 aromatic rings. The van der Waals surface area contributed by atoms with Crippen LogP contribution in [0.5, 0.6) is 5.75 Å². The number of carbonyl (C=O) groups is 1. The van der Waals surface area contributed by atoms with Gasteiger partial charge in [0.05, 0.1) is 17.1 Å². The minimum absolute atomic E-state index is 0.0376. The Morgan fingerprint density at radius 1 is 1.08 bits per heavy atom. The standard InChI is InChI=1S/C18H19ClO5S/c1-14-5-7-17(8-6-14)25(21,22)12-9-18(20)24-11-10-23-16-4-2-3-15(19)13-16/h2-8,13H,9-12H2,1H3. The molecule has 2 aromatic carbocycles. The van der Waals surface area contributed by atoms with Crippen LogP contribution in [0.1, 0.15) is 12.0 Å². The van der Waals surface area contributed by atoms with Crippen molar-refractivity contribution in [3.63, 3.8) is 0 Å². The number of sulfone groups is 1. The van der Waals surface area contributed by atoms with Crippen LogP contribution in [0.4, 0.5) is 0 Å². The van der Waals surface area contributed by atoms with Gasteiger partial charge in [0.1, 0.15) is 19.0 Å². The van der Waals surface area contributed by atoms with Gasteiger partial charge in [0, 0.05) is 5.02 Å². The molecule has 0 atom stereocenters. The van der Waals surface area contributed by atoms with E-state index in [1.165, 1.54) is 12.1 Å². The molecule has 134 valence electrons. The van der Waals surface area contributed by atoms with Gasteiger partial charge in [0.2, 0.25) is 0 Å². The Morgan fingerprint density at radius 3 is 2.48 bits per heavy atom. The van der Waals surface area contributed by atoms with Gasteiger partial charge in [-0.2, -0.15) is 0 Å². The summed E-state index contributed by atoms with van der Waals surface area (Å²) in [5.41, 5.74) is 0.970. The Bertz CT molecular complexity index is 816. The van der Waals surface area contributed by atoms with Crippen LogP contribution in [0.25, 0.3) is 0 Å². The normalized spacial score (nSPS) is 11.1. The molecule has 7 heteroatoms. The van der Waals surface area contributed by atoms with Crippen LogP contribution in [-0.4, -0.2) is 33.4 Å². The quantitative estimate of drug-likeness (QED) is 0.516. The lowest BCUT2D eigenvalue weighted by Gasteiger charge is -2.08. The van der Waals surface area contributed by atoms with Gasteiger partial charge in [0.25, 0.3) is 0 Å². The summed E-state index contributed by atoms with van der Waals surface area (Å²) in [6.45, 7) is 2.08. The van der Waals surface area contributed by atoms with Gasteiger partial charge in [-0.15, -0.1) is 0 Å². The topological polar surface area (TPSA) is 69.7 Å². The molecule has 5 nitrogen and oxygen atoms in total. The van der Waals surface area contributed by atoms with Crippen molar-refractivity contribution < 1.29 is 22.7 Å². The molecule has 0 aliphatic carbocycles. The predicted octanol–water partition coefficient (Wildman–Crippen LogP) is 3.43. The monoisotopic (exact) mass is 382 g/mol. The zero-order valence-electron chi connectivity index (χ0n) is 13.8. The maximum Gasteiger partial charge on any atom is 0.306 e. The summed E-state index contributed by atoms with van der Waals surface area (Å²) in [6, 6.07) is 13.4. The molecular formula is C18H19ClO5S. The second-order valence-electron chi connectivity index (χ2n) is 5.41. The minimum atomic E-state index is -3.50. The molecule has 0 fully saturated rings. The molecule has 25 heavy (non-hydrogen) atoms. The lowest BCUT2D eigenvalue weighted by Crippen LogP contribution is -2.16. The first-order valence-corrected chi connectivity index (χ1v) is 9.73. The summed E-state index contributed by atoms with van der Waals surface area (Å²) >= 11 is 5.83. The van der Waals surface area contributed by atoms with E-state index in [-0.39, 0.29) is 30.3 Å². The number of esters is 1. The molecule has 0 bridgehead atoms. The smallest absolute Gasteiger partial charge is 0.306 e. The highest BCUT2D eigenvalue weighted by molar-refractivity contribution is 7.91. The van der Waals surface area contributed by atoms with E-state index >= 15 is 0 Å². The van der Waals surface area contributed by atoms with Crippen molar-refractivity contribution in [2.24, 2.45) is 0 Å². The van der Waals surface area contributed by atoms with E-state index in [0.717, 1.165) is 5.56 Å². The third-order valence-corrected chi connectivity index (χ3v) is 5.33. The Hall–Kier alpha value is -2.05. The molecule has 2 rings (SSSR count). The van der Waals surface area contributed by atoms with Gasteiger partial charge in [-0.25, -0.2) is 8.42 Å². The molecule has 0 aliphatic heterocycles. The zero-order valence-corrected chi connectivity index (χ0v) is 15.3. The number of ether oxygens (including phenoxy) is 2. The van der Waals surface area contributed by atoms with Crippen molar-refractivity contribution in [2.45, 2.75) is 18.2 Å². The van der Waals surface area contributed by atoms with Crippen molar-refractivity contribution in [3.05, 3.63) is 59.1 Å². The van der Waals surface area contributed by atoms with Gasteiger partial charge < -0.3 is 9.47 Å². The van der Waals surface area contributed by atoms with Crippen LogP contribution in [-0.2, 0) is 19.4 Å². The van der Waals surface area contributed by atoms with E-state index < -0.39 is 15.8 Å². The number of rotatable bonds is 8. The van der Waals surface area contributed by atoms with Gasteiger partial charge in [-0.05, 0) is 37.3 Å². The zero-order chi connectivity index (χ0) is 18.3. The SMILES string of the molecule is Cc1ccc(S(=O)(=O)CCC(=O)OCCOc2cccc(Cl)c2)cc1. The number of aryl methyl sites for hydroxylation is 1. The molecule has 0 aliphatic rings. The predicted molar refractivity (Wildman–Crippen MR) is 95.8 cm³/mol. The summed E-state index contributed by atoms with van der Waals surface area (Å²) in [5.74, 6) is -0.291. The molecule has 0 heterocycles. The van der Waals surface area contributed by atoms with Gasteiger partial charge in [-0.3, -0.25) is 4.79 Å². The maximum absolute atomic E-state index is 12.1. The summed E-state index contributed by atoms with van der Waals surface area (Å²) in [7, 11) is -3.50. The molecule has 0 amide bonds. The summed E-state index contributed by atoms with van der Waals surface area (Å²) in [6.07, 6.45) is -0.201. The van der Waals surface area contributed by atoms with E-state index in [0.29, 0.717) is 10.8 Å². The van der Waals surface area contributed by atoms with Gasteiger partial charge >= 0.3 is 5.97 Å². The van der Waals surface area contributed by atoms with Crippen molar-refractivity contribution in [1.82, 2.24) is 0 Å². The first-order valence-electron chi connectivity index (χ1n) is 7.70. The average Bonchev–Trinajstić information content (AvgIpc) is 2.57. The summed E-state index contributed by atoms with van der Waals surface area (Å²) < 4.78 is 34.7. The van der Waals surface area contributed by atoms with Gasteiger partial charge in [-0.1, -0.05) is 35.4 Å². The van der Waals surface area contributed by atoms with Crippen molar-refractivity contribution >= 4 is 27.4 Å². The number of hydrogen-bond donors (Lipinski definition) is 0. The molecule has 0 N–H and O–H groups in total. The van der Waals surface area contributed by atoms with Crippen LogP contribution in [0.2, 0.25) is 5.02 Å². The molecule has 0 aromatic heterocycles. The Labute approximate surface area is 152 Å². The summed E-state index contributed by atoms with van der Waals surface area (Å²) in [4.78, 5) is 11.9. The largest absolute Gasteiger partial charge is 0.490 e. The molecule has 0 saturated heterocycles. The Kier molecular flexibility index (Phi) is 6.84. The number of halogens is 1. The highest BCUT2D eigenvalue weighted by Crippen LogP contribution is 2.17. The fourth-order valence-electron chi connectivity index (χ4n) is 2.03. The molecular weight excluding hydrogens is 364 g/mol. The maximum atomic E-state index is 12.1. The number of hydrogen-bond acceptors (Lipinski definition) is 5. The van der Waals surface area contributed by atoms with Crippen molar-refractivity contribution in [2.75, 3.05) is 19.0 Å². The molecule has 0 spiro atoms. The first kappa shape index (κ1) is 19.3. The summed E-state index contributed by atoms with van der Waals surface area (Å²) in [5, 5.41) is 0.552. The van der Waals surface area contributed by atoms with E-state index in [9.17, 15) is 13.2 Å².